The van der Waals surface area contributed by atoms with Crippen LogP contribution in [0.2, 0.25) is 0 Å². The molecule has 0 spiro atoms. The summed E-state index contributed by atoms with van der Waals surface area (Å²) in [6, 6.07) is 7.61. The molecule has 2 aromatic heterocycles. The highest BCUT2D eigenvalue weighted by Gasteiger charge is 2.17. The zero-order chi connectivity index (χ0) is 19.1. The van der Waals surface area contributed by atoms with Crippen LogP contribution < -0.4 is 9.64 Å². The fourth-order valence-corrected chi connectivity index (χ4v) is 2.89. The van der Waals surface area contributed by atoms with Crippen molar-refractivity contribution in [3.05, 3.63) is 53.9 Å². The third kappa shape index (κ3) is 5.18. The van der Waals surface area contributed by atoms with Crippen LogP contribution in [-0.4, -0.2) is 35.9 Å². The summed E-state index contributed by atoms with van der Waals surface area (Å²) in [4.78, 5) is 15.0. The Bertz CT molecular complexity index is 865. The van der Waals surface area contributed by atoms with E-state index in [0.29, 0.717) is 5.88 Å². The van der Waals surface area contributed by atoms with Crippen molar-refractivity contribution < 1.29 is 4.74 Å². The summed E-state index contributed by atoms with van der Waals surface area (Å²) in [6.45, 7) is 9.42. The predicted molar refractivity (Wildman–Crippen MR) is 110 cm³/mol. The predicted octanol–water partition coefficient (Wildman–Crippen LogP) is 4.17. The molecule has 0 saturated carbocycles. The van der Waals surface area contributed by atoms with Gasteiger partial charge in [-0.25, -0.2) is 9.97 Å². The molecule has 5 heteroatoms. The van der Waals surface area contributed by atoms with E-state index >= 15 is 0 Å². The zero-order valence-corrected chi connectivity index (χ0v) is 15.9. The molecule has 0 atom stereocenters. The smallest absolute Gasteiger partial charge is 0.213 e. The lowest BCUT2D eigenvalue weighted by molar-refractivity contribution is 0.232. The molecule has 0 aromatic carbocycles. The molecule has 1 aliphatic rings. The Morgan fingerprint density at radius 1 is 1.22 bits per heavy atom. The van der Waals surface area contributed by atoms with Crippen molar-refractivity contribution in [1.82, 2.24) is 9.97 Å². The molecule has 27 heavy (non-hydrogen) atoms. The maximum Gasteiger partial charge on any atom is 0.213 e. The molecule has 5 nitrogen and oxygen atoms in total. The second kappa shape index (κ2) is 9.00. The first-order chi connectivity index (χ1) is 13.2. The lowest BCUT2D eigenvalue weighted by atomic mass is 10.0. The van der Waals surface area contributed by atoms with Crippen LogP contribution in [0.4, 0.5) is 11.5 Å². The van der Waals surface area contributed by atoms with Crippen LogP contribution in [0.15, 0.2) is 53.3 Å². The number of aromatic nitrogens is 2. The van der Waals surface area contributed by atoms with Crippen LogP contribution in [0.5, 0.6) is 5.88 Å². The minimum absolute atomic E-state index is 0.120. The normalized spacial score (nSPS) is 13.7. The average Bonchev–Trinajstić information content (AvgIpc) is 2.69. The van der Waals surface area contributed by atoms with E-state index in [1.165, 1.54) is 5.57 Å². The van der Waals surface area contributed by atoms with Gasteiger partial charge in [0.05, 0.1) is 6.10 Å². The van der Waals surface area contributed by atoms with Crippen LogP contribution in [-0.2, 0) is 0 Å². The molecule has 0 amide bonds. The van der Waals surface area contributed by atoms with Crippen molar-refractivity contribution in [2.45, 2.75) is 32.8 Å². The summed E-state index contributed by atoms with van der Waals surface area (Å²) in [7, 11) is 0. The number of hydrogen-bond acceptors (Lipinski definition) is 5. The zero-order valence-electron chi connectivity index (χ0n) is 15.9. The molecule has 0 bridgehead atoms. The fourth-order valence-electron chi connectivity index (χ4n) is 2.89. The minimum atomic E-state index is 0.120. The standard InChI is InChI=1S/C22H24N4O/c1-17(2)27-21-10-9-19(16-25-21)7-4-6-18-11-14-26(15-12-18)22-20(23-3)8-5-13-24-22/h5-6,8-10,13,16-17H,3,11-12,14-15H2,1-2H3. The largest absolute Gasteiger partial charge is 0.475 e. The minimum Gasteiger partial charge on any atom is -0.475 e. The summed E-state index contributed by atoms with van der Waals surface area (Å²) in [5.74, 6) is 7.83. The molecule has 3 rings (SSSR count). The number of ether oxygens (including phenoxy) is 1. The van der Waals surface area contributed by atoms with Crippen LogP contribution in [0.3, 0.4) is 0 Å². The van der Waals surface area contributed by atoms with Crippen molar-refractivity contribution in [3.63, 3.8) is 0 Å². The molecule has 2 aromatic rings. The van der Waals surface area contributed by atoms with Gasteiger partial charge in [-0.15, -0.1) is 0 Å². The summed E-state index contributed by atoms with van der Waals surface area (Å²) in [5, 5.41) is 0. The number of nitrogens with zero attached hydrogens (tertiary/aromatic N) is 4. The number of hydrogen-bond donors (Lipinski definition) is 0. The van der Waals surface area contributed by atoms with Gasteiger partial charge in [0.25, 0.3) is 0 Å². The first-order valence-corrected chi connectivity index (χ1v) is 9.14. The van der Waals surface area contributed by atoms with E-state index in [4.69, 9.17) is 4.74 Å². The lowest BCUT2D eigenvalue weighted by Crippen LogP contribution is -2.31. The van der Waals surface area contributed by atoms with E-state index in [1.807, 2.05) is 44.2 Å². The second-order valence-corrected chi connectivity index (χ2v) is 6.61. The summed E-state index contributed by atoms with van der Waals surface area (Å²) >= 11 is 0. The van der Waals surface area contributed by atoms with Gasteiger partial charge in [-0.2, -0.15) is 0 Å². The number of allylic oxidation sites excluding steroid dienone is 1. The van der Waals surface area contributed by atoms with Gasteiger partial charge in [-0.3, -0.25) is 4.99 Å². The van der Waals surface area contributed by atoms with E-state index in [-0.39, 0.29) is 6.10 Å². The van der Waals surface area contributed by atoms with Gasteiger partial charge < -0.3 is 9.64 Å². The fraction of sp³-hybridized carbons (Fsp3) is 0.318. The van der Waals surface area contributed by atoms with E-state index in [9.17, 15) is 0 Å². The van der Waals surface area contributed by atoms with Gasteiger partial charge >= 0.3 is 0 Å². The van der Waals surface area contributed by atoms with Crippen molar-refractivity contribution in [3.8, 4) is 17.7 Å². The van der Waals surface area contributed by atoms with Gasteiger partial charge in [0, 0.05) is 37.1 Å². The highest BCUT2D eigenvalue weighted by Crippen LogP contribution is 2.28. The molecule has 0 N–H and O–H groups in total. The summed E-state index contributed by atoms with van der Waals surface area (Å²) in [5.41, 5.74) is 3.08. The molecule has 1 fully saturated rings. The second-order valence-electron chi connectivity index (χ2n) is 6.61. The Kier molecular flexibility index (Phi) is 6.22. The third-order valence-electron chi connectivity index (χ3n) is 4.23. The summed E-state index contributed by atoms with van der Waals surface area (Å²) in [6.07, 6.45) is 7.64. The Balaban J connectivity index is 1.58. The monoisotopic (exact) mass is 360 g/mol. The van der Waals surface area contributed by atoms with Gasteiger partial charge in [0.2, 0.25) is 5.88 Å². The van der Waals surface area contributed by atoms with Crippen molar-refractivity contribution in [2.24, 2.45) is 4.99 Å². The molecule has 1 aliphatic heterocycles. The van der Waals surface area contributed by atoms with Crippen LogP contribution in [0.1, 0.15) is 32.3 Å². The Hall–Kier alpha value is -3.13. The third-order valence-corrected chi connectivity index (χ3v) is 4.23. The highest BCUT2D eigenvalue weighted by molar-refractivity contribution is 5.64. The van der Waals surface area contributed by atoms with Gasteiger partial charge in [-0.05, 0) is 57.7 Å². The molecule has 0 unspecified atom stereocenters. The number of aliphatic imine (C=N–C) groups is 1. The number of anilines is 1. The van der Waals surface area contributed by atoms with E-state index in [2.05, 4.69) is 38.4 Å². The maximum atomic E-state index is 5.54. The van der Waals surface area contributed by atoms with Crippen molar-refractivity contribution in [1.29, 1.82) is 0 Å². The number of pyridine rings is 2. The lowest BCUT2D eigenvalue weighted by Gasteiger charge is -2.29. The van der Waals surface area contributed by atoms with Crippen molar-refractivity contribution >= 4 is 18.2 Å². The molecule has 138 valence electrons. The highest BCUT2D eigenvalue weighted by atomic mass is 16.5. The first-order valence-electron chi connectivity index (χ1n) is 9.14. The van der Waals surface area contributed by atoms with Crippen LogP contribution in [0.25, 0.3) is 0 Å². The summed E-state index contributed by atoms with van der Waals surface area (Å²) < 4.78 is 5.54. The van der Waals surface area contributed by atoms with Crippen LogP contribution in [0, 0.1) is 11.8 Å². The molecule has 3 heterocycles. The Morgan fingerprint density at radius 2 is 2.04 bits per heavy atom. The molecule has 1 saturated heterocycles. The van der Waals surface area contributed by atoms with Gasteiger partial charge in [-0.1, -0.05) is 17.4 Å². The molecular formula is C22H24N4O. The maximum absolute atomic E-state index is 5.54. The van der Waals surface area contributed by atoms with Gasteiger partial charge in [0.15, 0.2) is 5.82 Å². The van der Waals surface area contributed by atoms with E-state index in [0.717, 1.165) is 43.0 Å². The topological polar surface area (TPSA) is 50.6 Å². The van der Waals surface area contributed by atoms with Crippen molar-refractivity contribution in [2.75, 3.05) is 18.0 Å². The quantitative estimate of drug-likeness (QED) is 0.606. The van der Waals surface area contributed by atoms with Gasteiger partial charge in [0.1, 0.15) is 5.69 Å². The first kappa shape index (κ1) is 18.7. The van der Waals surface area contributed by atoms with E-state index < -0.39 is 0 Å². The Morgan fingerprint density at radius 3 is 2.70 bits per heavy atom. The molecular weight excluding hydrogens is 336 g/mol. The van der Waals surface area contributed by atoms with E-state index in [1.54, 1.807) is 12.4 Å². The number of piperidine rings is 1. The SMILES string of the molecule is C=Nc1cccnc1N1CCC(=CC#Cc2ccc(OC(C)C)nc2)CC1. The number of rotatable bonds is 4. The van der Waals surface area contributed by atoms with Crippen LogP contribution >= 0.6 is 0 Å². The average molecular weight is 360 g/mol. The molecule has 0 aliphatic carbocycles. The molecule has 0 radical (unpaired) electrons. The Labute approximate surface area is 160 Å².